The molecule has 0 spiro atoms. The number of rotatable bonds is 4. The maximum atomic E-state index is 13.0. The largest absolute Gasteiger partial charge is 0.346 e. The molecule has 1 fully saturated rings. The van der Waals surface area contributed by atoms with Crippen LogP contribution < -0.4 is 10.6 Å². The monoisotopic (exact) mass is 378 g/mol. The van der Waals surface area contributed by atoms with Gasteiger partial charge in [0, 0.05) is 17.0 Å². The summed E-state index contributed by atoms with van der Waals surface area (Å²) in [5.74, 6) is -2.86. The summed E-state index contributed by atoms with van der Waals surface area (Å²) in [7, 11) is 0. The lowest BCUT2D eigenvalue weighted by Crippen LogP contribution is -2.40. The van der Waals surface area contributed by atoms with E-state index in [1.54, 1.807) is 24.3 Å². The summed E-state index contributed by atoms with van der Waals surface area (Å²) in [6.07, 6.45) is -0.517. The highest BCUT2D eigenvalue weighted by Gasteiger charge is 2.42. The third kappa shape index (κ3) is 4.40. The number of nitrogens with one attached hydrogen (secondary N) is 2. The van der Waals surface area contributed by atoms with Crippen molar-refractivity contribution in [1.29, 1.82) is 0 Å². The molecule has 24 heavy (non-hydrogen) atoms. The number of hydrogen-bond acceptors (Lipinski definition) is 5. The second-order valence-electron chi connectivity index (χ2n) is 5.23. The van der Waals surface area contributed by atoms with Crippen LogP contribution in [0.25, 0.3) is 11.4 Å². The van der Waals surface area contributed by atoms with Gasteiger partial charge in [0.15, 0.2) is 0 Å². The van der Waals surface area contributed by atoms with Gasteiger partial charge in [-0.3, -0.25) is 10.1 Å². The van der Waals surface area contributed by atoms with Crippen molar-refractivity contribution in [2.24, 2.45) is 0 Å². The molecule has 2 heterocycles. The van der Waals surface area contributed by atoms with Crippen molar-refractivity contribution in [2.45, 2.75) is 24.9 Å². The van der Waals surface area contributed by atoms with Gasteiger partial charge < -0.3 is 9.84 Å². The minimum atomic E-state index is -2.85. The zero-order valence-corrected chi connectivity index (χ0v) is 13.8. The molecule has 1 amide bonds. The van der Waals surface area contributed by atoms with Crippen molar-refractivity contribution in [3.63, 3.8) is 0 Å². The van der Waals surface area contributed by atoms with Crippen LogP contribution in [-0.2, 0) is 11.3 Å². The third-order valence-electron chi connectivity index (χ3n) is 3.39. The summed E-state index contributed by atoms with van der Waals surface area (Å²) in [6.45, 7) is -0.527. The topological polar surface area (TPSA) is 80.1 Å². The first kappa shape index (κ1) is 18.6. The molecule has 1 atom stereocenters. The van der Waals surface area contributed by atoms with Crippen LogP contribution in [0.4, 0.5) is 8.78 Å². The molecular formula is C14H14Cl2F2N4O2. The van der Waals surface area contributed by atoms with Crippen LogP contribution in [0.1, 0.15) is 12.3 Å². The van der Waals surface area contributed by atoms with Gasteiger partial charge in [0.1, 0.15) is 0 Å². The Hall–Kier alpha value is -1.77. The second kappa shape index (κ2) is 7.42. The minimum absolute atomic E-state index is 0. The fraction of sp³-hybridized carbons (Fsp3) is 0.357. The molecule has 0 aliphatic carbocycles. The van der Waals surface area contributed by atoms with Crippen LogP contribution in [0, 0.1) is 0 Å². The summed E-state index contributed by atoms with van der Waals surface area (Å²) in [4.78, 5) is 15.9. The van der Waals surface area contributed by atoms with Crippen molar-refractivity contribution >= 4 is 29.9 Å². The van der Waals surface area contributed by atoms with Gasteiger partial charge in [0.25, 0.3) is 5.92 Å². The Morgan fingerprint density at radius 3 is 2.96 bits per heavy atom. The third-order valence-corrected chi connectivity index (χ3v) is 3.63. The summed E-state index contributed by atoms with van der Waals surface area (Å²) >= 11 is 5.89. The lowest BCUT2D eigenvalue weighted by Gasteiger charge is -2.09. The molecule has 6 nitrogen and oxygen atoms in total. The van der Waals surface area contributed by atoms with Gasteiger partial charge in [-0.2, -0.15) is 4.98 Å². The zero-order chi connectivity index (χ0) is 16.4. The van der Waals surface area contributed by atoms with E-state index < -0.39 is 30.8 Å². The second-order valence-corrected chi connectivity index (χ2v) is 5.67. The van der Waals surface area contributed by atoms with E-state index in [9.17, 15) is 13.6 Å². The van der Waals surface area contributed by atoms with Gasteiger partial charge in [0.05, 0.1) is 19.1 Å². The number of amides is 1. The molecule has 1 unspecified atom stereocenters. The van der Waals surface area contributed by atoms with Crippen molar-refractivity contribution < 1.29 is 18.1 Å². The normalized spacial score (nSPS) is 18.9. The average Bonchev–Trinajstić information content (AvgIpc) is 3.11. The van der Waals surface area contributed by atoms with Crippen LogP contribution in [0.5, 0.6) is 0 Å². The fourth-order valence-electron chi connectivity index (χ4n) is 2.26. The van der Waals surface area contributed by atoms with E-state index >= 15 is 0 Å². The first-order valence-electron chi connectivity index (χ1n) is 6.90. The Morgan fingerprint density at radius 2 is 2.29 bits per heavy atom. The van der Waals surface area contributed by atoms with Crippen LogP contribution in [0.3, 0.4) is 0 Å². The maximum Gasteiger partial charge on any atom is 0.262 e. The van der Waals surface area contributed by atoms with Gasteiger partial charge in [-0.1, -0.05) is 28.9 Å². The van der Waals surface area contributed by atoms with Gasteiger partial charge in [0.2, 0.25) is 17.6 Å². The summed E-state index contributed by atoms with van der Waals surface area (Å²) < 4.78 is 31.1. The van der Waals surface area contributed by atoms with Crippen molar-refractivity contribution in [1.82, 2.24) is 20.8 Å². The van der Waals surface area contributed by atoms with E-state index in [0.29, 0.717) is 16.4 Å². The molecule has 1 aromatic carbocycles. The standard InChI is InChI=1S/C14H13ClF2N4O2.ClH/c15-9-3-1-2-8(4-9)12-20-11(23-21-12)6-18-13(22)10-5-14(16,17)7-19-10;/h1-4,10,19H,5-7H2,(H,18,22);1H. The van der Waals surface area contributed by atoms with E-state index in [-0.39, 0.29) is 24.8 Å². The van der Waals surface area contributed by atoms with E-state index in [0.717, 1.165) is 0 Å². The van der Waals surface area contributed by atoms with Crippen LogP contribution in [0.2, 0.25) is 5.02 Å². The summed E-state index contributed by atoms with van der Waals surface area (Å²) in [5.41, 5.74) is 0.677. The van der Waals surface area contributed by atoms with E-state index in [2.05, 4.69) is 20.8 Å². The van der Waals surface area contributed by atoms with Gasteiger partial charge in [-0.15, -0.1) is 12.4 Å². The highest BCUT2D eigenvalue weighted by atomic mass is 35.5. The number of aromatic nitrogens is 2. The molecule has 0 saturated carbocycles. The number of benzene rings is 1. The van der Waals surface area contributed by atoms with Crippen LogP contribution >= 0.6 is 24.0 Å². The van der Waals surface area contributed by atoms with E-state index in [4.69, 9.17) is 16.1 Å². The van der Waals surface area contributed by atoms with Crippen molar-refractivity contribution in [2.75, 3.05) is 6.54 Å². The number of halogens is 4. The number of alkyl halides is 2. The Labute approximate surface area is 147 Å². The van der Waals surface area contributed by atoms with E-state index in [1.165, 1.54) is 0 Å². The molecule has 10 heteroatoms. The predicted octanol–water partition coefficient (Wildman–Crippen LogP) is 2.43. The van der Waals surface area contributed by atoms with Crippen molar-refractivity contribution in [3.8, 4) is 11.4 Å². The van der Waals surface area contributed by atoms with Crippen molar-refractivity contribution in [3.05, 3.63) is 35.2 Å². The maximum absolute atomic E-state index is 13.0. The highest BCUT2D eigenvalue weighted by Crippen LogP contribution is 2.25. The molecule has 1 aromatic heterocycles. The molecular weight excluding hydrogens is 365 g/mol. The molecule has 1 aliphatic heterocycles. The molecule has 1 aliphatic rings. The fourth-order valence-corrected chi connectivity index (χ4v) is 2.45. The quantitative estimate of drug-likeness (QED) is 0.853. The van der Waals surface area contributed by atoms with Gasteiger partial charge in [-0.05, 0) is 12.1 Å². The van der Waals surface area contributed by atoms with Gasteiger partial charge >= 0.3 is 0 Å². The van der Waals surface area contributed by atoms with Crippen LogP contribution in [0.15, 0.2) is 28.8 Å². The molecule has 2 aromatic rings. The molecule has 0 bridgehead atoms. The number of carbonyl (C=O) groups excluding carboxylic acids is 1. The predicted molar refractivity (Wildman–Crippen MR) is 85.2 cm³/mol. The first-order chi connectivity index (χ1) is 10.9. The highest BCUT2D eigenvalue weighted by molar-refractivity contribution is 6.30. The number of nitrogens with zero attached hydrogens (tertiary/aromatic N) is 2. The SMILES string of the molecule is Cl.O=C(NCc1nc(-c2cccc(Cl)c2)no1)C1CC(F)(F)CN1. The minimum Gasteiger partial charge on any atom is -0.346 e. The summed E-state index contributed by atoms with van der Waals surface area (Å²) in [6, 6.07) is 6.00. The zero-order valence-electron chi connectivity index (χ0n) is 12.3. The molecule has 1 saturated heterocycles. The Kier molecular flexibility index (Phi) is 5.74. The summed E-state index contributed by atoms with van der Waals surface area (Å²) in [5, 5.41) is 9.31. The first-order valence-corrected chi connectivity index (χ1v) is 7.28. The molecule has 0 radical (unpaired) electrons. The Balaban J connectivity index is 0.00000208. The smallest absolute Gasteiger partial charge is 0.262 e. The molecule has 2 N–H and O–H groups in total. The van der Waals surface area contributed by atoms with Gasteiger partial charge in [-0.25, -0.2) is 8.78 Å². The lowest BCUT2D eigenvalue weighted by molar-refractivity contribution is -0.123. The number of hydrogen-bond donors (Lipinski definition) is 2. The average molecular weight is 379 g/mol. The molecule has 130 valence electrons. The number of carbonyl (C=O) groups is 1. The lowest BCUT2D eigenvalue weighted by atomic mass is 10.2. The van der Waals surface area contributed by atoms with E-state index in [1.807, 2.05) is 0 Å². The van der Waals surface area contributed by atoms with Crippen LogP contribution in [-0.4, -0.2) is 34.6 Å². The Morgan fingerprint density at radius 1 is 1.50 bits per heavy atom. The Bertz CT molecular complexity index is 726. The molecule has 3 rings (SSSR count).